The van der Waals surface area contributed by atoms with Crippen molar-refractivity contribution in [3.8, 4) is 11.1 Å². The molecular formula is C13H10ClF. The molecule has 2 heteroatoms. The molecule has 0 radical (unpaired) electrons. The molecule has 0 aliphatic rings. The van der Waals surface area contributed by atoms with Crippen molar-refractivity contribution in [2.75, 3.05) is 0 Å². The number of benzene rings is 2. The predicted molar refractivity (Wildman–Crippen MR) is 61.6 cm³/mol. The summed E-state index contributed by atoms with van der Waals surface area (Å²) in [6.07, 6.45) is 0. The molecule has 2 rings (SSSR count). The fourth-order valence-electron chi connectivity index (χ4n) is 1.56. The van der Waals surface area contributed by atoms with Crippen molar-refractivity contribution in [3.63, 3.8) is 0 Å². The highest BCUT2D eigenvalue weighted by Crippen LogP contribution is 2.26. The second-order valence-electron chi connectivity index (χ2n) is 3.44. The normalized spacial score (nSPS) is 10.3. The molecule has 0 saturated heterocycles. The molecule has 0 nitrogen and oxygen atoms in total. The molecule has 0 bridgehead atoms. The number of hydrogen-bond donors (Lipinski definition) is 0. The van der Waals surface area contributed by atoms with Crippen LogP contribution in [0.5, 0.6) is 0 Å². The van der Waals surface area contributed by atoms with E-state index in [2.05, 4.69) is 0 Å². The summed E-state index contributed by atoms with van der Waals surface area (Å²) in [6, 6.07) is 12.7. The molecule has 0 aromatic heterocycles. The van der Waals surface area contributed by atoms with E-state index in [0.29, 0.717) is 0 Å². The Hall–Kier alpha value is -1.34. The van der Waals surface area contributed by atoms with Crippen molar-refractivity contribution in [1.29, 1.82) is 0 Å². The molecule has 2 aromatic carbocycles. The van der Waals surface area contributed by atoms with Crippen molar-refractivity contribution in [3.05, 3.63) is 58.9 Å². The Morgan fingerprint density at radius 2 is 1.80 bits per heavy atom. The van der Waals surface area contributed by atoms with Crippen LogP contribution in [0.25, 0.3) is 11.1 Å². The lowest BCUT2D eigenvalue weighted by molar-refractivity contribution is 0.629. The molecule has 0 atom stereocenters. The van der Waals surface area contributed by atoms with E-state index in [1.807, 2.05) is 37.3 Å². The molecule has 76 valence electrons. The maximum Gasteiger partial charge on any atom is 0.142 e. The van der Waals surface area contributed by atoms with Gasteiger partial charge in [0.2, 0.25) is 0 Å². The van der Waals surface area contributed by atoms with E-state index in [1.54, 1.807) is 6.07 Å². The van der Waals surface area contributed by atoms with Gasteiger partial charge in [0.1, 0.15) is 5.82 Å². The molecule has 0 N–H and O–H groups in total. The SMILES string of the molecule is Cc1ccccc1-c1ccc(Cl)c(F)c1. The van der Waals surface area contributed by atoms with E-state index in [0.717, 1.165) is 16.7 Å². The summed E-state index contributed by atoms with van der Waals surface area (Å²) in [4.78, 5) is 0. The molecular weight excluding hydrogens is 211 g/mol. The summed E-state index contributed by atoms with van der Waals surface area (Å²) in [5.74, 6) is -0.377. The Balaban J connectivity index is 2.55. The Kier molecular flexibility index (Phi) is 2.74. The highest BCUT2D eigenvalue weighted by atomic mass is 35.5. The van der Waals surface area contributed by atoms with Crippen molar-refractivity contribution in [1.82, 2.24) is 0 Å². The predicted octanol–water partition coefficient (Wildman–Crippen LogP) is 4.45. The first-order valence-corrected chi connectivity index (χ1v) is 5.07. The fourth-order valence-corrected chi connectivity index (χ4v) is 1.68. The van der Waals surface area contributed by atoms with Gasteiger partial charge in [-0.25, -0.2) is 4.39 Å². The number of aryl methyl sites for hydroxylation is 1. The summed E-state index contributed by atoms with van der Waals surface area (Å²) in [5.41, 5.74) is 3.02. The van der Waals surface area contributed by atoms with Gasteiger partial charge in [0.05, 0.1) is 5.02 Å². The van der Waals surface area contributed by atoms with E-state index in [1.165, 1.54) is 6.07 Å². The molecule has 0 spiro atoms. The highest BCUT2D eigenvalue weighted by Gasteiger charge is 2.04. The van der Waals surface area contributed by atoms with Crippen LogP contribution >= 0.6 is 11.6 Å². The van der Waals surface area contributed by atoms with Crippen LogP contribution in [0, 0.1) is 12.7 Å². The lowest BCUT2D eigenvalue weighted by atomic mass is 10.0. The number of rotatable bonds is 1. The van der Waals surface area contributed by atoms with Crippen molar-refractivity contribution < 1.29 is 4.39 Å². The summed E-state index contributed by atoms with van der Waals surface area (Å²) >= 11 is 5.63. The average molecular weight is 221 g/mol. The molecule has 0 amide bonds. The topological polar surface area (TPSA) is 0 Å². The van der Waals surface area contributed by atoms with Crippen LogP contribution in [-0.4, -0.2) is 0 Å². The summed E-state index contributed by atoms with van der Waals surface area (Å²) in [5, 5.41) is 0.160. The van der Waals surface area contributed by atoms with Crippen molar-refractivity contribution in [2.24, 2.45) is 0 Å². The molecule has 0 aliphatic carbocycles. The maximum atomic E-state index is 13.3. The summed E-state index contributed by atoms with van der Waals surface area (Å²) in [7, 11) is 0. The van der Waals surface area contributed by atoms with Gasteiger partial charge in [-0.05, 0) is 35.7 Å². The molecule has 2 aromatic rings. The van der Waals surface area contributed by atoms with E-state index < -0.39 is 0 Å². The average Bonchev–Trinajstić information content (AvgIpc) is 2.23. The van der Waals surface area contributed by atoms with Crippen LogP contribution in [0.4, 0.5) is 4.39 Å². The molecule has 0 saturated carbocycles. The Morgan fingerprint density at radius 3 is 2.47 bits per heavy atom. The minimum atomic E-state index is -0.377. The van der Waals surface area contributed by atoms with Gasteiger partial charge in [-0.1, -0.05) is 41.9 Å². The first-order valence-electron chi connectivity index (χ1n) is 4.69. The third-order valence-electron chi connectivity index (χ3n) is 2.38. The lowest BCUT2D eigenvalue weighted by Crippen LogP contribution is -1.84. The minimum absolute atomic E-state index is 0.160. The van der Waals surface area contributed by atoms with Gasteiger partial charge in [0.25, 0.3) is 0 Å². The summed E-state index contributed by atoms with van der Waals surface area (Å²) in [6.45, 7) is 2.00. The molecule has 0 aliphatic heterocycles. The first-order chi connectivity index (χ1) is 7.18. The van der Waals surface area contributed by atoms with Gasteiger partial charge in [-0.2, -0.15) is 0 Å². The fraction of sp³-hybridized carbons (Fsp3) is 0.0769. The standard InChI is InChI=1S/C13H10ClF/c1-9-4-2-3-5-11(9)10-6-7-12(14)13(15)8-10/h2-8H,1H3. The van der Waals surface area contributed by atoms with Crippen LogP contribution in [-0.2, 0) is 0 Å². The number of halogens is 2. The lowest BCUT2D eigenvalue weighted by Gasteiger charge is -2.06. The van der Waals surface area contributed by atoms with E-state index in [-0.39, 0.29) is 10.8 Å². The van der Waals surface area contributed by atoms with Crippen LogP contribution in [0.2, 0.25) is 5.02 Å². The monoisotopic (exact) mass is 220 g/mol. The largest absolute Gasteiger partial charge is 0.205 e. The van der Waals surface area contributed by atoms with E-state index >= 15 is 0 Å². The third kappa shape index (κ3) is 2.02. The smallest absolute Gasteiger partial charge is 0.142 e. The van der Waals surface area contributed by atoms with E-state index in [4.69, 9.17) is 11.6 Å². The zero-order valence-corrected chi connectivity index (χ0v) is 9.05. The Labute approximate surface area is 93.3 Å². The first kappa shape index (κ1) is 10.2. The maximum absolute atomic E-state index is 13.3. The van der Waals surface area contributed by atoms with Gasteiger partial charge in [0.15, 0.2) is 0 Å². The van der Waals surface area contributed by atoms with Crippen molar-refractivity contribution >= 4 is 11.6 Å². The third-order valence-corrected chi connectivity index (χ3v) is 2.68. The van der Waals surface area contributed by atoms with Crippen LogP contribution < -0.4 is 0 Å². The molecule has 0 unspecified atom stereocenters. The van der Waals surface area contributed by atoms with Gasteiger partial charge in [-0.3, -0.25) is 0 Å². The van der Waals surface area contributed by atoms with Crippen LogP contribution in [0.3, 0.4) is 0 Å². The molecule has 15 heavy (non-hydrogen) atoms. The van der Waals surface area contributed by atoms with E-state index in [9.17, 15) is 4.39 Å². The molecule has 0 heterocycles. The minimum Gasteiger partial charge on any atom is -0.205 e. The van der Waals surface area contributed by atoms with Crippen LogP contribution in [0.15, 0.2) is 42.5 Å². The van der Waals surface area contributed by atoms with Crippen LogP contribution in [0.1, 0.15) is 5.56 Å². The van der Waals surface area contributed by atoms with Gasteiger partial charge in [-0.15, -0.1) is 0 Å². The zero-order chi connectivity index (χ0) is 10.8. The second kappa shape index (κ2) is 4.03. The second-order valence-corrected chi connectivity index (χ2v) is 3.85. The zero-order valence-electron chi connectivity index (χ0n) is 8.30. The summed E-state index contributed by atoms with van der Waals surface area (Å²) < 4.78 is 13.3. The molecule has 0 fully saturated rings. The highest BCUT2D eigenvalue weighted by molar-refractivity contribution is 6.30. The number of hydrogen-bond acceptors (Lipinski definition) is 0. The quantitative estimate of drug-likeness (QED) is 0.666. The van der Waals surface area contributed by atoms with Gasteiger partial charge < -0.3 is 0 Å². The van der Waals surface area contributed by atoms with Gasteiger partial charge >= 0.3 is 0 Å². The Bertz CT molecular complexity index is 492. The van der Waals surface area contributed by atoms with Gasteiger partial charge in [0, 0.05) is 0 Å². The van der Waals surface area contributed by atoms with Crippen molar-refractivity contribution in [2.45, 2.75) is 6.92 Å². The Morgan fingerprint density at radius 1 is 1.07 bits per heavy atom.